The predicted octanol–water partition coefficient (Wildman–Crippen LogP) is 1.63. The maximum absolute atomic E-state index is 10.6. The summed E-state index contributed by atoms with van der Waals surface area (Å²) < 4.78 is 5.34. The molecule has 0 aromatic heterocycles. The first-order valence-electron chi connectivity index (χ1n) is 5.19. The number of rotatable bonds is 7. The van der Waals surface area contributed by atoms with Gasteiger partial charge < -0.3 is 14.9 Å². The van der Waals surface area contributed by atoms with Crippen LogP contribution in [-0.2, 0) is 9.59 Å². The average molecular weight is 238 g/mol. The summed E-state index contributed by atoms with van der Waals surface area (Å²) in [6.45, 7) is 0.0859. The van der Waals surface area contributed by atoms with Crippen molar-refractivity contribution in [2.24, 2.45) is 5.92 Å². The van der Waals surface area contributed by atoms with E-state index in [2.05, 4.69) is 0 Å². The number of ether oxygens (including phenoxy) is 1. The summed E-state index contributed by atoms with van der Waals surface area (Å²) in [6.07, 6.45) is -0.418. The van der Waals surface area contributed by atoms with Crippen LogP contribution in [0.25, 0.3) is 0 Å². The van der Waals surface area contributed by atoms with Gasteiger partial charge >= 0.3 is 11.9 Å². The molecule has 0 atom stereocenters. The van der Waals surface area contributed by atoms with Crippen molar-refractivity contribution < 1.29 is 24.5 Å². The molecule has 1 aromatic rings. The predicted molar refractivity (Wildman–Crippen MR) is 59.9 cm³/mol. The van der Waals surface area contributed by atoms with Crippen LogP contribution in [0.5, 0.6) is 5.75 Å². The largest absolute Gasteiger partial charge is 0.493 e. The third-order valence-corrected chi connectivity index (χ3v) is 2.16. The van der Waals surface area contributed by atoms with Crippen molar-refractivity contribution in [1.82, 2.24) is 0 Å². The van der Waals surface area contributed by atoms with Gasteiger partial charge in [-0.05, 0) is 12.1 Å². The van der Waals surface area contributed by atoms with Gasteiger partial charge in [-0.2, -0.15) is 0 Å². The molecule has 0 amide bonds. The molecule has 0 spiro atoms. The molecule has 0 unspecified atom stereocenters. The highest BCUT2D eigenvalue weighted by Gasteiger charge is 2.17. The van der Waals surface area contributed by atoms with Crippen molar-refractivity contribution >= 4 is 11.9 Å². The maximum atomic E-state index is 10.6. The fourth-order valence-corrected chi connectivity index (χ4v) is 1.41. The van der Waals surface area contributed by atoms with Gasteiger partial charge in [0.15, 0.2) is 0 Å². The first-order valence-corrected chi connectivity index (χ1v) is 5.19. The van der Waals surface area contributed by atoms with E-state index in [1.54, 1.807) is 24.3 Å². The first-order chi connectivity index (χ1) is 8.08. The van der Waals surface area contributed by atoms with Gasteiger partial charge in [-0.1, -0.05) is 18.2 Å². The molecule has 0 bridgehead atoms. The van der Waals surface area contributed by atoms with Gasteiger partial charge in [-0.3, -0.25) is 9.59 Å². The van der Waals surface area contributed by atoms with Crippen molar-refractivity contribution in [2.45, 2.75) is 12.8 Å². The number of carbonyl (C=O) groups is 2. The lowest BCUT2D eigenvalue weighted by atomic mass is 10.0. The quantitative estimate of drug-likeness (QED) is 0.754. The molecule has 0 radical (unpaired) electrons. The van der Waals surface area contributed by atoms with Gasteiger partial charge in [0.2, 0.25) is 0 Å². The van der Waals surface area contributed by atoms with E-state index in [0.717, 1.165) is 0 Å². The topological polar surface area (TPSA) is 83.8 Å². The Morgan fingerprint density at radius 2 is 1.59 bits per heavy atom. The molecule has 0 heterocycles. The second-order valence-corrected chi connectivity index (χ2v) is 3.69. The van der Waals surface area contributed by atoms with Crippen molar-refractivity contribution in [3.05, 3.63) is 30.3 Å². The molecule has 0 fully saturated rings. The number of aliphatic carboxylic acids is 2. The zero-order valence-corrected chi connectivity index (χ0v) is 9.20. The highest BCUT2D eigenvalue weighted by atomic mass is 16.5. The maximum Gasteiger partial charge on any atom is 0.303 e. The van der Waals surface area contributed by atoms with E-state index in [9.17, 15) is 9.59 Å². The average Bonchev–Trinajstić information content (AvgIpc) is 2.26. The summed E-state index contributed by atoms with van der Waals surface area (Å²) in [6, 6.07) is 8.88. The third kappa shape index (κ3) is 5.55. The van der Waals surface area contributed by atoms with Crippen LogP contribution in [0.2, 0.25) is 0 Å². The number of benzene rings is 1. The molecular formula is C12H14O5. The number of carboxylic acid groups (broad SMARTS) is 2. The highest BCUT2D eigenvalue weighted by Crippen LogP contribution is 2.14. The minimum absolute atomic E-state index is 0.0859. The van der Waals surface area contributed by atoms with Crippen LogP contribution in [0.1, 0.15) is 12.8 Å². The van der Waals surface area contributed by atoms with Crippen molar-refractivity contribution in [3.8, 4) is 5.75 Å². The van der Waals surface area contributed by atoms with Crippen LogP contribution < -0.4 is 4.74 Å². The van der Waals surface area contributed by atoms with Gasteiger partial charge in [0.25, 0.3) is 0 Å². The number of carboxylic acids is 2. The molecular weight excluding hydrogens is 224 g/mol. The van der Waals surface area contributed by atoms with E-state index in [4.69, 9.17) is 14.9 Å². The smallest absolute Gasteiger partial charge is 0.303 e. The van der Waals surface area contributed by atoms with Gasteiger partial charge in [0.1, 0.15) is 5.75 Å². The van der Waals surface area contributed by atoms with Crippen LogP contribution >= 0.6 is 0 Å². The molecule has 17 heavy (non-hydrogen) atoms. The molecule has 1 rings (SSSR count). The van der Waals surface area contributed by atoms with E-state index in [1.807, 2.05) is 6.07 Å². The van der Waals surface area contributed by atoms with Gasteiger partial charge in [0, 0.05) is 5.92 Å². The van der Waals surface area contributed by atoms with E-state index in [-0.39, 0.29) is 19.4 Å². The SMILES string of the molecule is O=C(O)CC(COc1ccccc1)CC(=O)O. The molecule has 92 valence electrons. The van der Waals surface area contributed by atoms with Crippen molar-refractivity contribution in [1.29, 1.82) is 0 Å². The van der Waals surface area contributed by atoms with E-state index in [1.165, 1.54) is 0 Å². The Labute approximate surface area is 98.6 Å². The molecule has 0 saturated heterocycles. The molecule has 0 aliphatic heterocycles. The Morgan fingerprint density at radius 1 is 1.06 bits per heavy atom. The summed E-state index contributed by atoms with van der Waals surface area (Å²) in [4.78, 5) is 21.1. The molecule has 0 aliphatic carbocycles. The molecule has 0 saturated carbocycles. The number of hydrogen-bond donors (Lipinski definition) is 2. The Kier molecular flexibility index (Phi) is 5.00. The molecule has 5 nitrogen and oxygen atoms in total. The normalized spacial score (nSPS) is 10.2. The number of hydrogen-bond acceptors (Lipinski definition) is 3. The van der Waals surface area contributed by atoms with E-state index < -0.39 is 17.9 Å². The minimum Gasteiger partial charge on any atom is -0.493 e. The fourth-order valence-electron chi connectivity index (χ4n) is 1.41. The lowest BCUT2D eigenvalue weighted by Gasteiger charge is -2.13. The molecule has 0 aliphatic rings. The third-order valence-electron chi connectivity index (χ3n) is 2.16. The Bertz CT molecular complexity index is 358. The summed E-state index contributed by atoms with van der Waals surface area (Å²) in [7, 11) is 0. The van der Waals surface area contributed by atoms with Gasteiger partial charge in [-0.25, -0.2) is 0 Å². The fraction of sp³-hybridized carbons (Fsp3) is 0.333. The number of para-hydroxylation sites is 1. The highest BCUT2D eigenvalue weighted by molar-refractivity contribution is 5.70. The van der Waals surface area contributed by atoms with E-state index >= 15 is 0 Å². The first kappa shape index (κ1) is 13.0. The van der Waals surface area contributed by atoms with Crippen LogP contribution in [-0.4, -0.2) is 28.8 Å². The van der Waals surface area contributed by atoms with Crippen LogP contribution in [0.4, 0.5) is 0 Å². The minimum atomic E-state index is -1.02. The molecule has 5 heteroatoms. The zero-order chi connectivity index (χ0) is 12.7. The Morgan fingerprint density at radius 3 is 2.06 bits per heavy atom. The second kappa shape index (κ2) is 6.52. The zero-order valence-electron chi connectivity index (χ0n) is 9.20. The lowest BCUT2D eigenvalue weighted by Crippen LogP contribution is -2.19. The Hall–Kier alpha value is -2.04. The summed E-state index contributed by atoms with van der Waals surface area (Å²) >= 11 is 0. The molecule has 2 N–H and O–H groups in total. The summed E-state index contributed by atoms with van der Waals surface area (Å²) in [5.74, 6) is -1.96. The van der Waals surface area contributed by atoms with Crippen molar-refractivity contribution in [3.63, 3.8) is 0 Å². The standard InChI is InChI=1S/C12H14O5/c13-11(14)6-9(7-12(15)16)8-17-10-4-2-1-3-5-10/h1-5,9H,6-8H2,(H,13,14)(H,15,16). The van der Waals surface area contributed by atoms with Crippen LogP contribution in [0.3, 0.4) is 0 Å². The summed E-state index contributed by atoms with van der Waals surface area (Å²) in [5, 5.41) is 17.3. The van der Waals surface area contributed by atoms with Gasteiger partial charge in [0.05, 0.1) is 19.4 Å². The van der Waals surface area contributed by atoms with Gasteiger partial charge in [-0.15, -0.1) is 0 Å². The van der Waals surface area contributed by atoms with E-state index in [0.29, 0.717) is 5.75 Å². The molecule has 1 aromatic carbocycles. The second-order valence-electron chi connectivity index (χ2n) is 3.69. The lowest BCUT2D eigenvalue weighted by molar-refractivity contribution is -0.141. The van der Waals surface area contributed by atoms with Crippen LogP contribution in [0.15, 0.2) is 30.3 Å². The van der Waals surface area contributed by atoms with Crippen molar-refractivity contribution in [2.75, 3.05) is 6.61 Å². The Balaban J connectivity index is 2.48. The monoisotopic (exact) mass is 238 g/mol. The van der Waals surface area contributed by atoms with Crippen LogP contribution in [0, 0.1) is 5.92 Å². The summed E-state index contributed by atoms with van der Waals surface area (Å²) in [5.41, 5.74) is 0.